The van der Waals surface area contributed by atoms with Gasteiger partial charge in [-0.1, -0.05) is 48.9 Å². The Morgan fingerprint density at radius 3 is 2.26 bits per heavy atom. The molecule has 176 valence electrons. The van der Waals surface area contributed by atoms with Gasteiger partial charge in [-0.05, 0) is 42.6 Å². The third kappa shape index (κ3) is 6.23. The zero-order chi connectivity index (χ0) is 23.8. The molecule has 8 heteroatoms. The average Bonchev–Trinajstić information content (AvgIpc) is 2.88. The highest BCUT2D eigenvalue weighted by Gasteiger charge is 2.25. The Balaban J connectivity index is 1.37. The van der Waals surface area contributed by atoms with E-state index in [2.05, 4.69) is 37.6 Å². The lowest BCUT2D eigenvalue weighted by Crippen LogP contribution is -2.46. The predicted molar refractivity (Wildman–Crippen MR) is 126 cm³/mol. The molecule has 2 amide bonds. The first-order chi connectivity index (χ1) is 16.6. The monoisotopic (exact) mass is 461 g/mol. The molecule has 1 fully saturated rings. The Hall–Kier alpha value is -3.65. The lowest BCUT2D eigenvalue weighted by molar-refractivity contribution is 0.0882. The molecule has 1 aliphatic rings. The first-order valence-corrected chi connectivity index (χ1v) is 11.5. The molecule has 1 atom stereocenters. The predicted octanol–water partition coefficient (Wildman–Crippen LogP) is 3.33. The minimum absolute atomic E-state index is 0.00970. The summed E-state index contributed by atoms with van der Waals surface area (Å²) in [6.07, 6.45) is 6.03. The fourth-order valence-corrected chi connectivity index (χ4v) is 4.15. The minimum Gasteiger partial charge on any atom is -0.349 e. The SMILES string of the molecule is O=C(NCc1ccc(F)cc1)c1nccnc1C(=O)NCC1CCCCN1Cc1ccccc1. The van der Waals surface area contributed by atoms with Crippen molar-refractivity contribution in [3.05, 3.63) is 95.3 Å². The molecule has 4 rings (SSSR count). The fourth-order valence-electron chi connectivity index (χ4n) is 4.15. The van der Waals surface area contributed by atoms with Crippen LogP contribution in [0.15, 0.2) is 67.0 Å². The maximum atomic E-state index is 13.1. The zero-order valence-electron chi connectivity index (χ0n) is 18.9. The molecule has 0 bridgehead atoms. The second-order valence-electron chi connectivity index (χ2n) is 8.38. The second kappa shape index (κ2) is 11.5. The van der Waals surface area contributed by atoms with Crippen molar-refractivity contribution in [1.29, 1.82) is 0 Å². The van der Waals surface area contributed by atoms with Gasteiger partial charge in [0.2, 0.25) is 0 Å². The van der Waals surface area contributed by atoms with E-state index in [0.29, 0.717) is 6.54 Å². The van der Waals surface area contributed by atoms with E-state index in [-0.39, 0.29) is 29.8 Å². The Morgan fingerprint density at radius 2 is 1.56 bits per heavy atom. The van der Waals surface area contributed by atoms with Crippen molar-refractivity contribution in [2.45, 2.75) is 38.4 Å². The highest BCUT2D eigenvalue weighted by Crippen LogP contribution is 2.19. The quantitative estimate of drug-likeness (QED) is 0.537. The van der Waals surface area contributed by atoms with Crippen LogP contribution in [-0.4, -0.2) is 45.8 Å². The van der Waals surface area contributed by atoms with E-state index in [4.69, 9.17) is 0 Å². The normalized spacial score (nSPS) is 16.1. The number of amides is 2. The number of likely N-dealkylation sites (tertiary alicyclic amines) is 1. The van der Waals surface area contributed by atoms with E-state index in [9.17, 15) is 14.0 Å². The molecule has 2 N–H and O–H groups in total. The summed E-state index contributed by atoms with van der Waals surface area (Å²) < 4.78 is 13.1. The van der Waals surface area contributed by atoms with Gasteiger partial charge in [0.1, 0.15) is 5.82 Å². The Morgan fingerprint density at radius 1 is 0.882 bits per heavy atom. The van der Waals surface area contributed by atoms with Crippen LogP contribution in [0.2, 0.25) is 0 Å². The molecular weight excluding hydrogens is 433 g/mol. The van der Waals surface area contributed by atoms with Crippen LogP contribution in [0.4, 0.5) is 4.39 Å². The third-order valence-electron chi connectivity index (χ3n) is 5.97. The van der Waals surface area contributed by atoms with Crippen molar-refractivity contribution < 1.29 is 14.0 Å². The number of piperidine rings is 1. The maximum absolute atomic E-state index is 13.1. The molecule has 1 aliphatic heterocycles. The lowest BCUT2D eigenvalue weighted by Gasteiger charge is -2.35. The van der Waals surface area contributed by atoms with Crippen LogP contribution in [0.25, 0.3) is 0 Å². The van der Waals surface area contributed by atoms with Gasteiger partial charge in [0, 0.05) is 38.1 Å². The topological polar surface area (TPSA) is 87.2 Å². The molecule has 0 spiro atoms. The minimum atomic E-state index is -0.508. The smallest absolute Gasteiger partial charge is 0.272 e. The van der Waals surface area contributed by atoms with E-state index >= 15 is 0 Å². The van der Waals surface area contributed by atoms with Gasteiger partial charge in [-0.2, -0.15) is 0 Å². The summed E-state index contributed by atoms with van der Waals surface area (Å²) in [5.41, 5.74) is 1.94. The summed E-state index contributed by atoms with van der Waals surface area (Å²) in [6.45, 7) is 2.48. The first kappa shape index (κ1) is 23.5. The van der Waals surface area contributed by atoms with Crippen molar-refractivity contribution in [2.75, 3.05) is 13.1 Å². The largest absolute Gasteiger partial charge is 0.349 e. The van der Waals surface area contributed by atoms with Crippen LogP contribution >= 0.6 is 0 Å². The van der Waals surface area contributed by atoms with Crippen LogP contribution < -0.4 is 10.6 Å². The van der Waals surface area contributed by atoms with Gasteiger partial charge >= 0.3 is 0 Å². The lowest BCUT2D eigenvalue weighted by atomic mass is 10.0. The van der Waals surface area contributed by atoms with Gasteiger partial charge in [-0.3, -0.25) is 14.5 Å². The summed E-state index contributed by atoms with van der Waals surface area (Å²) in [5.74, 6) is -1.28. The standard InChI is InChI=1S/C26H28FN5O2/c27-21-11-9-19(10-12-21)16-30-25(33)23-24(29-14-13-28-23)26(34)31-17-22-8-4-5-15-32(22)18-20-6-2-1-3-7-20/h1-3,6-7,9-14,22H,4-5,8,15-18H2,(H,30,33)(H,31,34). The summed E-state index contributed by atoms with van der Waals surface area (Å²) in [5, 5.41) is 5.67. The number of benzene rings is 2. The molecule has 0 saturated carbocycles. The van der Waals surface area contributed by atoms with E-state index in [1.807, 2.05) is 18.2 Å². The highest BCUT2D eigenvalue weighted by atomic mass is 19.1. The number of nitrogens with one attached hydrogen (secondary N) is 2. The molecule has 2 heterocycles. The van der Waals surface area contributed by atoms with Crippen LogP contribution in [-0.2, 0) is 13.1 Å². The van der Waals surface area contributed by atoms with Crippen molar-refractivity contribution >= 4 is 11.8 Å². The summed E-state index contributed by atoms with van der Waals surface area (Å²) in [7, 11) is 0. The number of nitrogens with zero attached hydrogens (tertiary/aromatic N) is 3. The Labute approximate surface area is 198 Å². The van der Waals surface area contributed by atoms with Crippen LogP contribution in [0, 0.1) is 5.82 Å². The molecule has 2 aromatic carbocycles. The van der Waals surface area contributed by atoms with Crippen molar-refractivity contribution in [3.8, 4) is 0 Å². The second-order valence-corrected chi connectivity index (χ2v) is 8.38. The van der Waals surface area contributed by atoms with Gasteiger partial charge in [-0.15, -0.1) is 0 Å². The molecule has 34 heavy (non-hydrogen) atoms. The zero-order valence-corrected chi connectivity index (χ0v) is 18.9. The van der Waals surface area contributed by atoms with Gasteiger partial charge in [-0.25, -0.2) is 14.4 Å². The highest BCUT2D eigenvalue weighted by molar-refractivity contribution is 6.04. The number of hydrogen-bond acceptors (Lipinski definition) is 5. The number of halogens is 1. The molecule has 7 nitrogen and oxygen atoms in total. The summed E-state index contributed by atoms with van der Waals surface area (Å²) >= 11 is 0. The van der Waals surface area contributed by atoms with E-state index in [1.165, 1.54) is 30.1 Å². The molecule has 1 unspecified atom stereocenters. The average molecular weight is 462 g/mol. The Bertz CT molecular complexity index is 1110. The number of carbonyl (C=O) groups is 2. The molecule has 1 aromatic heterocycles. The van der Waals surface area contributed by atoms with Crippen LogP contribution in [0.1, 0.15) is 51.4 Å². The van der Waals surface area contributed by atoms with Crippen molar-refractivity contribution in [1.82, 2.24) is 25.5 Å². The fraction of sp³-hybridized carbons (Fsp3) is 0.308. The number of aromatic nitrogens is 2. The molecule has 1 saturated heterocycles. The van der Waals surface area contributed by atoms with Crippen LogP contribution in [0.5, 0.6) is 0 Å². The molecular formula is C26H28FN5O2. The maximum Gasteiger partial charge on any atom is 0.272 e. The number of carbonyl (C=O) groups excluding carboxylic acids is 2. The van der Waals surface area contributed by atoms with Gasteiger partial charge in [0.05, 0.1) is 0 Å². The Kier molecular flexibility index (Phi) is 7.93. The molecule has 3 aromatic rings. The van der Waals surface area contributed by atoms with E-state index in [0.717, 1.165) is 37.9 Å². The number of rotatable bonds is 8. The van der Waals surface area contributed by atoms with E-state index < -0.39 is 11.8 Å². The molecule has 0 radical (unpaired) electrons. The van der Waals surface area contributed by atoms with Gasteiger partial charge in [0.15, 0.2) is 11.4 Å². The van der Waals surface area contributed by atoms with Crippen molar-refractivity contribution in [2.24, 2.45) is 0 Å². The first-order valence-electron chi connectivity index (χ1n) is 11.5. The van der Waals surface area contributed by atoms with Gasteiger partial charge in [0.25, 0.3) is 11.8 Å². The number of hydrogen-bond donors (Lipinski definition) is 2. The van der Waals surface area contributed by atoms with Crippen LogP contribution in [0.3, 0.4) is 0 Å². The van der Waals surface area contributed by atoms with Gasteiger partial charge < -0.3 is 10.6 Å². The third-order valence-corrected chi connectivity index (χ3v) is 5.97. The van der Waals surface area contributed by atoms with E-state index in [1.54, 1.807) is 12.1 Å². The molecule has 0 aliphatic carbocycles. The van der Waals surface area contributed by atoms with Crippen molar-refractivity contribution in [3.63, 3.8) is 0 Å². The summed E-state index contributed by atoms with van der Waals surface area (Å²) in [6, 6.07) is 16.3. The summed E-state index contributed by atoms with van der Waals surface area (Å²) in [4.78, 5) is 36.2.